The van der Waals surface area contributed by atoms with Gasteiger partial charge in [-0.25, -0.2) is 0 Å². The van der Waals surface area contributed by atoms with Crippen LogP contribution in [0.25, 0.3) is 0 Å². The molecule has 1 fully saturated rings. The molecule has 1 saturated heterocycles. The van der Waals surface area contributed by atoms with E-state index in [0.717, 1.165) is 18.5 Å². The first-order chi connectivity index (χ1) is 7.16. The van der Waals surface area contributed by atoms with Gasteiger partial charge in [-0.1, -0.05) is 6.07 Å². The van der Waals surface area contributed by atoms with E-state index in [0.29, 0.717) is 5.69 Å². The Balaban J connectivity index is 2.09. The number of carbonyl (C=O) groups is 1. The zero-order chi connectivity index (χ0) is 10.8. The van der Waals surface area contributed by atoms with E-state index in [9.17, 15) is 9.90 Å². The second-order valence-corrected chi connectivity index (χ2v) is 3.81. The van der Waals surface area contributed by atoms with Crippen LogP contribution in [0.5, 0.6) is 5.75 Å². The smallest absolute Gasteiger partial charge is 0.241 e. The van der Waals surface area contributed by atoms with Crippen molar-refractivity contribution in [2.24, 2.45) is 0 Å². The highest BCUT2D eigenvalue weighted by Crippen LogP contribution is 2.24. The molecule has 0 saturated carbocycles. The van der Waals surface area contributed by atoms with Crippen LogP contribution in [-0.2, 0) is 4.79 Å². The zero-order valence-electron chi connectivity index (χ0n) is 8.58. The summed E-state index contributed by atoms with van der Waals surface area (Å²) in [6, 6.07) is 5.03. The maximum Gasteiger partial charge on any atom is 0.241 e. The van der Waals surface area contributed by atoms with Gasteiger partial charge in [0.2, 0.25) is 5.91 Å². The normalized spacial score (nSPS) is 19.4. The third kappa shape index (κ3) is 2.10. The molecular formula is C11H14N2O2. The van der Waals surface area contributed by atoms with Gasteiger partial charge in [0.1, 0.15) is 5.75 Å². The first-order valence-electron chi connectivity index (χ1n) is 5.00. The molecular weight excluding hydrogens is 192 g/mol. The topological polar surface area (TPSA) is 61.4 Å². The highest BCUT2D eigenvalue weighted by Gasteiger charge is 2.24. The van der Waals surface area contributed by atoms with E-state index in [1.54, 1.807) is 18.2 Å². The monoisotopic (exact) mass is 206 g/mol. The Hall–Kier alpha value is -1.55. The average Bonchev–Trinajstić information content (AvgIpc) is 2.08. The molecule has 1 aromatic carbocycles. The summed E-state index contributed by atoms with van der Waals surface area (Å²) in [5.74, 6) is 0.0235. The summed E-state index contributed by atoms with van der Waals surface area (Å²) in [4.78, 5) is 11.6. The Kier molecular flexibility index (Phi) is 2.60. The SMILES string of the molecule is Cc1ccc(O)c(NC(=O)[C@H]2CCN2)c1. The minimum absolute atomic E-state index is 0.0813. The van der Waals surface area contributed by atoms with Crippen LogP contribution in [0.2, 0.25) is 0 Å². The lowest BCUT2D eigenvalue weighted by molar-refractivity contribution is -0.119. The number of nitrogens with one attached hydrogen (secondary N) is 2. The molecule has 1 amide bonds. The number of aryl methyl sites for hydroxylation is 1. The van der Waals surface area contributed by atoms with Crippen LogP contribution in [-0.4, -0.2) is 23.6 Å². The maximum atomic E-state index is 11.6. The van der Waals surface area contributed by atoms with E-state index >= 15 is 0 Å². The quantitative estimate of drug-likeness (QED) is 0.633. The molecule has 3 N–H and O–H groups in total. The summed E-state index contributed by atoms with van der Waals surface area (Å²) in [5, 5.41) is 15.2. The van der Waals surface area contributed by atoms with Gasteiger partial charge in [0.05, 0.1) is 11.7 Å². The Morgan fingerprint density at radius 1 is 1.60 bits per heavy atom. The predicted molar refractivity (Wildman–Crippen MR) is 57.9 cm³/mol. The Morgan fingerprint density at radius 2 is 2.33 bits per heavy atom. The van der Waals surface area contributed by atoms with Crippen molar-refractivity contribution in [3.63, 3.8) is 0 Å². The predicted octanol–water partition coefficient (Wildman–Crippen LogP) is 1.00. The molecule has 2 rings (SSSR count). The van der Waals surface area contributed by atoms with Crippen LogP contribution >= 0.6 is 0 Å². The number of hydrogen-bond donors (Lipinski definition) is 3. The van der Waals surface area contributed by atoms with Gasteiger partial charge in [-0.15, -0.1) is 0 Å². The highest BCUT2D eigenvalue weighted by atomic mass is 16.3. The molecule has 4 nitrogen and oxygen atoms in total. The van der Waals surface area contributed by atoms with Crippen molar-refractivity contribution < 1.29 is 9.90 Å². The minimum Gasteiger partial charge on any atom is -0.506 e. The van der Waals surface area contributed by atoms with Crippen molar-refractivity contribution in [3.8, 4) is 5.75 Å². The Bertz CT molecular complexity index is 386. The number of carbonyl (C=O) groups excluding carboxylic acids is 1. The van der Waals surface area contributed by atoms with Crippen LogP contribution in [0.1, 0.15) is 12.0 Å². The van der Waals surface area contributed by atoms with Crippen molar-refractivity contribution in [2.45, 2.75) is 19.4 Å². The van der Waals surface area contributed by atoms with Gasteiger partial charge in [0, 0.05) is 0 Å². The molecule has 1 aromatic rings. The van der Waals surface area contributed by atoms with Crippen molar-refractivity contribution in [1.29, 1.82) is 0 Å². The van der Waals surface area contributed by atoms with E-state index in [4.69, 9.17) is 0 Å². The van der Waals surface area contributed by atoms with Crippen molar-refractivity contribution in [2.75, 3.05) is 11.9 Å². The van der Waals surface area contributed by atoms with E-state index in [-0.39, 0.29) is 17.7 Å². The molecule has 1 aliphatic rings. The van der Waals surface area contributed by atoms with Gasteiger partial charge in [-0.3, -0.25) is 4.79 Å². The molecule has 1 aliphatic heterocycles. The molecule has 0 unspecified atom stereocenters. The zero-order valence-corrected chi connectivity index (χ0v) is 8.58. The van der Waals surface area contributed by atoms with E-state index in [1.807, 2.05) is 6.92 Å². The van der Waals surface area contributed by atoms with Crippen LogP contribution in [0.4, 0.5) is 5.69 Å². The molecule has 0 aliphatic carbocycles. The number of aromatic hydroxyl groups is 1. The fourth-order valence-corrected chi connectivity index (χ4v) is 1.48. The molecule has 15 heavy (non-hydrogen) atoms. The second-order valence-electron chi connectivity index (χ2n) is 3.81. The molecule has 0 aromatic heterocycles. The van der Waals surface area contributed by atoms with Gasteiger partial charge in [0.15, 0.2) is 0 Å². The number of phenolic OH excluding ortho intramolecular Hbond substituents is 1. The molecule has 0 bridgehead atoms. The van der Waals surface area contributed by atoms with E-state index < -0.39 is 0 Å². The van der Waals surface area contributed by atoms with Gasteiger partial charge in [0.25, 0.3) is 0 Å². The molecule has 80 valence electrons. The molecule has 0 spiro atoms. The van der Waals surface area contributed by atoms with Crippen molar-refractivity contribution >= 4 is 11.6 Å². The van der Waals surface area contributed by atoms with Gasteiger partial charge < -0.3 is 15.7 Å². The lowest BCUT2D eigenvalue weighted by Crippen LogP contribution is -2.50. The first kappa shape index (κ1) is 9.98. The average molecular weight is 206 g/mol. The third-order valence-corrected chi connectivity index (χ3v) is 2.55. The number of amides is 1. The standard InChI is InChI=1S/C11H14N2O2/c1-7-2-3-10(14)9(6-7)13-11(15)8-4-5-12-8/h2-3,6,8,12,14H,4-5H2,1H3,(H,13,15)/t8-/m1/s1. The van der Waals surface area contributed by atoms with E-state index in [1.165, 1.54) is 0 Å². The summed E-state index contributed by atoms with van der Waals surface area (Å²) in [7, 11) is 0. The lowest BCUT2D eigenvalue weighted by atomic mass is 10.1. The van der Waals surface area contributed by atoms with Crippen molar-refractivity contribution in [3.05, 3.63) is 23.8 Å². The summed E-state index contributed by atoms with van der Waals surface area (Å²) in [6.45, 7) is 2.80. The van der Waals surface area contributed by atoms with Crippen LogP contribution in [0.3, 0.4) is 0 Å². The third-order valence-electron chi connectivity index (χ3n) is 2.55. The van der Waals surface area contributed by atoms with Crippen LogP contribution in [0, 0.1) is 6.92 Å². The number of phenols is 1. The lowest BCUT2D eigenvalue weighted by Gasteiger charge is -2.26. The Labute approximate surface area is 88.3 Å². The van der Waals surface area contributed by atoms with Crippen molar-refractivity contribution in [1.82, 2.24) is 5.32 Å². The fraction of sp³-hybridized carbons (Fsp3) is 0.364. The molecule has 4 heteroatoms. The second kappa shape index (κ2) is 3.90. The van der Waals surface area contributed by atoms with Crippen LogP contribution < -0.4 is 10.6 Å². The fourth-order valence-electron chi connectivity index (χ4n) is 1.48. The number of rotatable bonds is 2. The summed E-state index contributed by atoms with van der Waals surface area (Å²) >= 11 is 0. The summed E-state index contributed by atoms with van der Waals surface area (Å²) < 4.78 is 0. The van der Waals surface area contributed by atoms with Gasteiger partial charge >= 0.3 is 0 Å². The molecule has 1 atom stereocenters. The number of hydrogen-bond acceptors (Lipinski definition) is 3. The molecule has 0 radical (unpaired) electrons. The Morgan fingerprint density at radius 3 is 2.93 bits per heavy atom. The van der Waals surface area contributed by atoms with Gasteiger partial charge in [-0.05, 0) is 37.6 Å². The summed E-state index contributed by atoms with van der Waals surface area (Å²) in [5.41, 5.74) is 1.48. The minimum atomic E-state index is -0.107. The first-order valence-corrected chi connectivity index (χ1v) is 5.00. The van der Waals surface area contributed by atoms with Crippen LogP contribution in [0.15, 0.2) is 18.2 Å². The largest absolute Gasteiger partial charge is 0.506 e. The number of anilines is 1. The molecule has 1 heterocycles. The van der Waals surface area contributed by atoms with E-state index in [2.05, 4.69) is 10.6 Å². The maximum absolute atomic E-state index is 11.6. The highest BCUT2D eigenvalue weighted by molar-refractivity contribution is 5.96. The van der Waals surface area contributed by atoms with Gasteiger partial charge in [-0.2, -0.15) is 0 Å². The number of benzene rings is 1. The summed E-state index contributed by atoms with van der Waals surface area (Å²) in [6.07, 6.45) is 0.860.